The number of piperidine rings is 1. The van der Waals surface area contributed by atoms with Gasteiger partial charge in [0.15, 0.2) is 0 Å². The zero-order chi connectivity index (χ0) is 24.9. The number of benzene rings is 1. The van der Waals surface area contributed by atoms with Crippen molar-refractivity contribution in [2.75, 3.05) is 19.6 Å². The van der Waals surface area contributed by atoms with Crippen molar-refractivity contribution in [2.24, 2.45) is 0 Å². The van der Waals surface area contributed by atoms with Crippen molar-refractivity contribution in [3.05, 3.63) is 46.5 Å². The van der Waals surface area contributed by atoms with E-state index in [0.717, 1.165) is 44.0 Å². The first-order chi connectivity index (χ1) is 16.1. The minimum absolute atomic E-state index is 0.132. The Labute approximate surface area is 194 Å². The van der Waals surface area contributed by atoms with Crippen molar-refractivity contribution >= 4 is 11.9 Å². The molecule has 1 saturated heterocycles. The lowest BCUT2D eigenvalue weighted by molar-refractivity contribution is -0.192. The molecule has 8 nitrogen and oxygen atoms in total. The van der Waals surface area contributed by atoms with Crippen LogP contribution in [0.1, 0.15) is 53.0 Å². The van der Waals surface area contributed by atoms with Crippen molar-refractivity contribution in [3.8, 4) is 0 Å². The van der Waals surface area contributed by atoms with Gasteiger partial charge in [0, 0.05) is 25.2 Å². The van der Waals surface area contributed by atoms with Crippen LogP contribution in [0.5, 0.6) is 0 Å². The van der Waals surface area contributed by atoms with Crippen LogP contribution < -0.4 is 0 Å². The molecule has 1 fully saturated rings. The number of aryl methyl sites for hydroxylation is 2. The number of carbonyl (C=O) groups excluding carboxylic acids is 1. The summed E-state index contributed by atoms with van der Waals surface area (Å²) in [5.41, 5.74) is 2.93. The maximum atomic E-state index is 13.9. The molecule has 0 spiro atoms. The molecule has 1 amide bonds. The third-order valence-electron chi connectivity index (χ3n) is 5.83. The van der Waals surface area contributed by atoms with E-state index in [-0.39, 0.29) is 11.7 Å². The summed E-state index contributed by atoms with van der Waals surface area (Å²) in [7, 11) is 0. The maximum absolute atomic E-state index is 13.9. The molecule has 1 N–H and O–H groups in total. The second kappa shape index (κ2) is 10.9. The molecule has 1 aromatic carbocycles. The molecule has 3 heterocycles. The number of amides is 1. The van der Waals surface area contributed by atoms with Gasteiger partial charge in [-0.25, -0.2) is 13.9 Å². The molecule has 2 aliphatic heterocycles. The maximum Gasteiger partial charge on any atom is 0.490 e. The number of halogens is 4. The van der Waals surface area contributed by atoms with Crippen LogP contribution in [0.4, 0.5) is 17.6 Å². The summed E-state index contributed by atoms with van der Waals surface area (Å²) in [4.78, 5) is 26.1. The van der Waals surface area contributed by atoms with Crippen LogP contribution in [0.25, 0.3) is 0 Å². The number of fused-ring (bicyclic) bond motifs is 1. The Morgan fingerprint density at radius 1 is 1.06 bits per heavy atom. The van der Waals surface area contributed by atoms with E-state index in [4.69, 9.17) is 9.90 Å². The lowest BCUT2D eigenvalue weighted by Crippen LogP contribution is -2.32. The number of hydrogen-bond acceptors (Lipinski definition) is 5. The predicted octanol–water partition coefficient (Wildman–Crippen LogP) is 3.39. The van der Waals surface area contributed by atoms with Gasteiger partial charge in [0.1, 0.15) is 11.5 Å². The molecule has 186 valence electrons. The summed E-state index contributed by atoms with van der Waals surface area (Å²) >= 11 is 0. The molecule has 4 rings (SSSR count). The van der Waals surface area contributed by atoms with E-state index in [0.29, 0.717) is 24.2 Å². The minimum Gasteiger partial charge on any atom is -0.475 e. The number of aliphatic carboxylic acids is 1. The van der Waals surface area contributed by atoms with E-state index in [9.17, 15) is 22.4 Å². The highest BCUT2D eigenvalue weighted by molar-refractivity contribution is 5.94. The molecule has 34 heavy (non-hydrogen) atoms. The number of alkyl halides is 3. The normalized spacial score (nSPS) is 16.8. The standard InChI is InChI=1S/C20H26FN5O.C2HF3O2/c1-15-6-7-16(12-17(15)21)20(27)25-10-5-11-26-19(14-25)18(22-23-26)13-24-8-3-2-4-9-24;3-2(4,5)1(6)7/h6-7,12H,2-5,8-11,13-14H2,1H3;(H,6,7). The molecule has 1 aromatic heterocycles. The Hall–Kier alpha value is -3.02. The van der Waals surface area contributed by atoms with Gasteiger partial charge in [0.05, 0.1) is 12.2 Å². The van der Waals surface area contributed by atoms with Crippen LogP contribution >= 0.6 is 0 Å². The molecule has 0 saturated carbocycles. The average molecular weight is 485 g/mol. The van der Waals surface area contributed by atoms with Gasteiger partial charge in [0.2, 0.25) is 0 Å². The molecule has 0 unspecified atom stereocenters. The van der Waals surface area contributed by atoms with E-state index >= 15 is 0 Å². The second-order valence-electron chi connectivity index (χ2n) is 8.39. The number of hydrogen-bond donors (Lipinski definition) is 1. The number of rotatable bonds is 3. The van der Waals surface area contributed by atoms with Gasteiger partial charge < -0.3 is 10.0 Å². The fourth-order valence-corrected chi connectivity index (χ4v) is 3.93. The van der Waals surface area contributed by atoms with Crippen LogP contribution in [0.15, 0.2) is 18.2 Å². The van der Waals surface area contributed by atoms with Crippen molar-refractivity contribution < 1.29 is 32.3 Å². The third-order valence-corrected chi connectivity index (χ3v) is 5.83. The van der Waals surface area contributed by atoms with Crippen molar-refractivity contribution in [2.45, 2.75) is 58.4 Å². The summed E-state index contributed by atoms with van der Waals surface area (Å²) in [5.74, 6) is -3.23. The molecule has 0 radical (unpaired) electrons. The van der Waals surface area contributed by atoms with Crippen LogP contribution in [-0.4, -0.2) is 67.6 Å². The van der Waals surface area contributed by atoms with Gasteiger partial charge in [-0.05, 0) is 57.0 Å². The lowest BCUT2D eigenvalue weighted by Gasteiger charge is -2.26. The third kappa shape index (κ3) is 6.52. The topological polar surface area (TPSA) is 91.6 Å². The Balaban J connectivity index is 0.000000406. The van der Waals surface area contributed by atoms with Crippen LogP contribution in [0.2, 0.25) is 0 Å². The van der Waals surface area contributed by atoms with Crippen molar-refractivity contribution in [1.29, 1.82) is 0 Å². The quantitative estimate of drug-likeness (QED) is 0.671. The van der Waals surface area contributed by atoms with Crippen LogP contribution in [0, 0.1) is 12.7 Å². The van der Waals surface area contributed by atoms with Gasteiger partial charge in [-0.1, -0.05) is 17.7 Å². The van der Waals surface area contributed by atoms with Gasteiger partial charge in [0.25, 0.3) is 5.91 Å². The summed E-state index contributed by atoms with van der Waals surface area (Å²) in [5, 5.41) is 15.8. The SMILES string of the molecule is Cc1ccc(C(=O)N2CCCn3nnc(CN4CCCCC4)c3C2)cc1F.O=C(O)C(F)(F)F. The van der Waals surface area contributed by atoms with Gasteiger partial charge >= 0.3 is 12.1 Å². The first-order valence-electron chi connectivity index (χ1n) is 11.1. The number of aromatic nitrogens is 3. The summed E-state index contributed by atoms with van der Waals surface area (Å²) < 4.78 is 47.6. The smallest absolute Gasteiger partial charge is 0.475 e. The number of likely N-dealkylation sites (tertiary alicyclic amines) is 1. The van der Waals surface area contributed by atoms with E-state index < -0.39 is 12.1 Å². The summed E-state index contributed by atoms with van der Waals surface area (Å²) in [6.07, 6.45) is -0.509. The van der Waals surface area contributed by atoms with E-state index in [1.165, 1.54) is 25.3 Å². The Morgan fingerprint density at radius 2 is 1.74 bits per heavy atom. The van der Waals surface area contributed by atoms with Crippen molar-refractivity contribution in [3.63, 3.8) is 0 Å². The molecular formula is C22H27F4N5O3. The predicted molar refractivity (Wildman–Crippen MR) is 113 cm³/mol. The van der Waals surface area contributed by atoms with Crippen LogP contribution in [-0.2, 0) is 24.4 Å². The zero-order valence-corrected chi connectivity index (χ0v) is 18.8. The fourth-order valence-electron chi connectivity index (χ4n) is 3.93. The van der Waals surface area contributed by atoms with Gasteiger partial charge in [-0.3, -0.25) is 9.69 Å². The molecular weight excluding hydrogens is 458 g/mol. The minimum atomic E-state index is -5.08. The Bertz CT molecular complexity index is 1020. The second-order valence-corrected chi connectivity index (χ2v) is 8.39. The largest absolute Gasteiger partial charge is 0.490 e. The highest BCUT2D eigenvalue weighted by atomic mass is 19.4. The monoisotopic (exact) mass is 485 g/mol. The van der Waals surface area contributed by atoms with Crippen LogP contribution in [0.3, 0.4) is 0 Å². The zero-order valence-electron chi connectivity index (χ0n) is 18.8. The summed E-state index contributed by atoms with van der Waals surface area (Å²) in [6, 6.07) is 4.70. The summed E-state index contributed by atoms with van der Waals surface area (Å²) in [6.45, 7) is 6.55. The first kappa shape index (κ1) is 25.6. The number of nitrogens with zero attached hydrogens (tertiary/aromatic N) is 5. The lowest BCUT2D eigenvalue weighted by atomic mass is 10.1. The number of carboxylic acid groups (broad SMARTS) is 1. The number of carbonyl (C=O) groups is 2. The van der Waals surface area contributed by atoms with Gasteiger partial charge in [-0.2, -0.15) is 13.2 Å². The highest BCUT2D eigenvalue weighted by Crippen LogP contribution is 2.21. The average Bonchev–Trinajstić information content (AvgIpc) is 3.02. The van der Waals surface area contributed by atoms with E-state index in [1.54, 1.807) is 24.0 Å². The molecule has 0 bridgehead atoms. The molecule has 2 aromatic rings. The fraction of sp³-hybridized carbons (Fsp3) is 0.545. The van der Waals surface area contributed by atoms with E-state index in [2.05, 4.69) is 15.2 Å². The highest BCUT2D eigenvalue weighted by Gasteiger charge is 2.38. The molecule has 0 atom stereocenters. The number of carboxylic acids is 1. The Kier molecular flexibility index (Phi) is 8.24. The molecule has 12 heteroatoms. The first-order valence-corrected chi connectivity index (χ1v) is 11.1. The molecule has 2 aliphatic rings. The Morgan fingerprint density at radius 3 is 2.35 bits per heavy atom. The van der Waals surface area contributed by atoms with Crippen molar-refractivity contribution in [1.82, 2.24) is 24.8 Å². The van der Waals surface area contributed by atoms with E-state index in [1.807, 2.05) is 4.68 Å². The van der Waals surface area contributed by atoms with Gasteiger partial charge in [-0.15, -0.1) is 5.10 Å². The molecule has 0 aliphatic carbocycles.